The Morgan fingerprint density at radius 1 is 0.654 bits per heavy atom. The fourth-order valence-corrected chi connectivity index (χ4v) is 2.96. The zero-order chi connectivity index (χ0) is 20.2. The Hall–Kier alpha value is -1.10. The van der Waals surface area contributed by atoms with Gasteiger partial charge in [-0.3, -0.25) is 9.59 Å². The van der Waals surface area contributed by atoms with Gasteiger partial charge in [0, 0.05) is 0 Å². The molecule has 0 radical (unpaired) electrons. The number of aliphatic carboxylic acids is 2. The van der Waals surface area contributed by atoms with Crippen molar-refractivity contribution < 1.29 is 24.9 Å². The minimum absolute atomic E-state index is 0.249. The molecule has 0 saturated carbocycles. The number of aliphatic hydroxyl groups is 1. The largest absolute Gasteiger partial charge is 0.481 e. The molecule has 26 heavy (non-hydrogen) atoms. The summed E-state index contributed by atoms with van der Waals surface area (Å²) in [5.41, 5.74) is -1.28. The van der Waals surface area contributed by atoms with Crippen LogP contribution in [0.15, 0.2) is 0 Å². The van der Waals surface area contributed by atoms with Gasteiger partial charge < -0.3 is 15.3 Å². The van der Waals surface area contributed by atoms with Gasteiger partial charge in [-0.2, -0.15) is 0 Å². The van der Waals surface area contributed by atoms with Crippen molar-refractivity contribution >= 4 is 11.9 Å². The van der Waals surface area contributed by atoms with Crippen LogP contribution in [0.4, 0.5) is 0 Å². The molecule has 0 unspecified atom stereocenters. The smallest absolute Gasteiger partial charge is 0.309 e. The average molecular weight is 373 g/mol. The van der Waals surface area contributed by atoms with Crippen LogP contribution in [0.1, 0.15) is 105 Å². The highest BCUT2D eigenvalue weighted by atomic mass is 16.4. The maximum atomic E-state index is 11.0. The van der Waals surface area contributed by atoms with Crippen LogP contribution in [0.25, 0.3) is 0 Å². The SMILES string of the molecule is CC(C)(CCCCCCC(O)CCCCCCC(C)(C)C(=O)O)C(=O)O. The van der Waals surface area contributed by atoms with Crippen LogP contribution >= 0.6 is 0 Å². The third kappa shape index (κ3) is 11.5. The minimum Gasteiger partial charge on any atom is -0.481 e. The van der Waals surface area contributed by atoms with Gasteiger partial charge in [0.05, 0.1) is 16.9 Å². The monoisotopic (exact) mass is 372 g/mol. The Balaban J connectivity index is 3.54. The predicted molar refractivity (Wildman–Crippen MR) is 104 cm³/mol. The standard InChI is InChI=1S/C21H40O5/c1-20(2,18(23)24)15-11-7-5-9-13-17(22)14-10-6-8-12-16-21(3,4)19(25)26/h17,22H,5-16H2,1-4H3,(H,23,24)(H,25,26). The summed E-state index contributed by atoms with van der Waals surface area (Å²) >= 11 is 0. The summed E-state index contributed by atoms with van der Waals surface area (Å²) in [6.07, 6.45) is 10.7. The van der Waals surface area contributed by atoms with Crippen LogP contribution in [0.3, 0.4) is 0 Å². The van der Waals surface area contributed by atoms with E-state index in [0.717, 1.165) is 64.2 Å². The van der Waals surface area contributed by atoms with Gasteiger partial charge >= 0.3 is 11.9 Å². The number of unbranched alkanes of at least 4 members (excludes halogenated alkanes) is 6. The summed E-state index contributed by atoms with van der Waals surface area (Å²) in [6, 6.07) is 0. The second-order valence-electron chi connectivity index (χ2n) is 8.94. The first kappa shape index (κ1) is 24.9. The van der Waals surface area contributed by atoms with Crippen molar-refractivity contribution in [1.29, 1.82) is 0 Å². The highest BCUT2D eigenvalue weighted by Crippen LogP contribution is 2.25. The first-order valence-corrected chi connectivity index (χ1v) is 10.1. The third-order valence-corrected chi connectivity index (χ3v) is 5.34. The lowest BCUT2D eigenvalue weighted by Crippen LogP contribution is -2.23. The molecule has 0 rings (SSSR count). The summed E-state index contributed by atoms with van der Waals surface area (Å²) in [5.74, 6) is -1.47. The quantitative estimate of drug-likeness (QED) is 0.322. The van der Waals surface area contributed by atoms with Crippen molar-refractivity contribution in [3.05, 3.63) is 0 Å². The van der Waals surface area contributed by atoms with Crippen molar-refractivity contribution in [3.8, 4) is 0 Å². The molecule has 0 aliphatic rings. The molecule has 0 aromatic rings. The normalized spacial score (nSPS) is 12.5. The Bertz CT molecular complexity index is 377. The number of rotatable bonds is 16. The highest BCUT2D eigenvalue weighted by molar-refractivity contribution is 5.73. The lowest BCUT2D eigenvalue weighted by atomic mass is 9.87. The van der Waals surface area contributed by atoms with Gasteiger partial charge in [0.25, 0.3) is 0 Å². The van der Waals surface area contributed by atoms with Crippen molar-refractivity contribution in [1.82, 2.24) is 0 Å². The Kier molecular flexibility index (Phi) is 11.8. The van der Waals surface area contributed by atoms with Gasteiger partial charge in [0.2, 0.25) is 0 Å². The summed E-state index contributed by atoms with van der Waals surface area (Å²) < 4.78 is 0. The van der Waals surface area contributed by atoms with Gasteiger partial charge in [-0.1, -0.05) is 51.4 Å². The molecule has 0 saturated heterocycles. The predicted octanol–water partition coefficient (Wildman–Crippen LogP) is 5.25. The van der Waals surface area contributed by atoms with E-state index in [1.54, 1.807) is 27.7 Å². The first-order chi connectivity index (χ1) is 12.0. The van der Waals surface area contributed by atoms with Gasteiger partial charge in [-0.25, -0.2) is 0 Å². The molecule has 5 nitrogen and oxygen atoms in total. The maximum absolute atomic E-state index is 11.0. The minimum atomic E-state index is -0.737. The van der Waals surface area contributed by atoms with Crippen molar-refractivity contribution in [2.24, 2.45) is 10.8 Å². The fourth-order valence-electron chi connectivity index (χ4n) is 2.96. The van der Waals surface area contributed by atoms with Gasteiger partial charge in [-0.05, 0) is 53.4 Å². The lowest BCUT2D eigenvalue weighted by molar-refractivity contribution is -0.148. The number of aliphatic hydroxyl groups excluding tert-OH is 1. The average Bonchev–Trinajstić information content (AvgIpc) is 2.53. The highest BCUT2D eigenvalue weighted by Gasteiger charge is 2.26. The van der Waals surface area contributed by atoms with Crippen LogP contribution in [0, 0.1) is 10.8 Å². The van der Waals surface area contributed by atoms with Gasteiger partial charge in [0.1, 0.15) is 0 Å². The molecule has 0 atom stereocenters. The van der Waals surface area contributed by atoms with E-state index in [2.05, 4.69) is 0 Å². The lowest BCUT2D eigenvalue weighted by Gasteiger charge is -2.18. The molecule has 0 bridgehead atoms. The number of hydrogen-bond donors (Lipinski definition) is 3. The Morgan fingerprint density at radius 3 is 1.27 bits per heavy atom. The van der Waals surface area contributed by atoms with Crippen LogP contribution < -0.4 is 0 Å². The summed E-state index contributed by atoms with van der Waals surface area (Å²) in [7, 11) is 0. The molecule has 5 heteroatoms. The second kappa shape index (κ2) is 12.3. The second-order valence-corrected chi connectivity index (χ2v) is 8.94. The van der Waals surface area contributed by atoms with E-state index < -0.39 is 22.8 Å². The molecule has 154 valence electrons. The van der Waals surface area contributed by atoms with E-state index in [-0.39, 0.29) is 6.10 Å². The maximum Gasteiger partial charge on any atom is 0.309 e. The molecule has 0 aliphatic heterocycles. The summed E-state index contributed by atoms with van der Waals surface area (Å²) in [6.45, 7) is 7.06. The number of hydrogen-bond acceptors (Lipinski definition) is 3. The molecule has 0 aromatic heterocycles. The van der Waals surface area contributed by atoms with Crippen molar-refractivity contribution in [3.63, 3.8) is 0 Å². The van der Waals surface area contributed by atoms with Gasteiger partial charge in [0.15, 0.2) is 0 Å². The van der Waals surface area contributed by atoms with E-state index >= 15 is 0 Å². The van der Waals surface area contributed by atoms with Crippen molar-refractivity contribution in [2.45, 2.75) is 111 Å². The van der Waals surface area contributed by atoms with E-state index in [4.69, 9.17) is 10.2 Å². The molecule has 0 aromatic carbocycles. The van der Waals surface area contributed by atoms with E-state index in [1.807, 2.05) is 0 Å². The van der Waals surface area contributed by atoms with Crippen molar-refractivity contribution in [2.75, 3.05) is 0 Å². The number of carboxylic acid groups (broad SMARTS) is 2. The number of carbonyl (C=O) groups is 2. The third-order valence-electron chi connectivity index (χ3n) is 5.34. The number of carboxylic acids is 2. The molecule has 3 N–H and O–H groups in total. The van der Waals surface area contributed by atoms with Crippen LogP contribution in [0.5, 0.6) is 0 Å². The molecular weight excluding hydrogens is 332 g/mol. The Morgan fingerprint density at radius 2 is 0.962 bits per heavy atom. The van der Waals surface area contributed by atoms with Gasteiger partial charge in [-0.15, -0.1) is 0 Å². The zero-order valence-electron chi connectivity index (χ0n) is 17.2. The van der Waals surface area contributed by atoms with Crippen LogP contribution in [-0.4, -0.2) is 33.4 Å². The fraction of sp³-hybridized carbons (Fsp3) is 0.905. The molecular formula is C21H40O5. The molecule has 0 fully saturated rings. The first-order valence-electron chi connectivity index (χ1n) is 10.1. The van der Waals surface area contributed by atoms with E-state index in [0.29, 0.717) is 12.8 Å². The van der Waals surface area contributed by atoms with E-state index in [1.165, 1.54) is 0 Å². The van der Waals surface area contributed by atoms with E-state index in [9.17, 15) is 14.7 Å². The molecule has 0 aliphatic carbocycles. The molecule has 0 heterocycles. The van der Waals surface area contributed by atoms with Crippen LogP contribution in [0.2, 0.25) is 0 Å². The van der Waals surface area contributed by atoms with Crippen LogP contribution in [-0.2, 0) is 9.59 Å². The zero-order valence-corrected chi connectivity index (χ0v) is 17.2. The molecule has 0 spiro atoms. The summed E-state index contributed by atoms with van der Waals surface area (Å²) in [5, 5.41) is 28.1. The summed E-state index contributed by atoms with van der Waals surface area (Å²) in [4.78, 5) is 22.0. The topological polar surface area (TPSA) is 94.8 Å². The molecule has 0 amide bonds. The Labute approximate surface area is 159 Å².